The topological polar surface area (TPSA) is 39.4 Å². The van der Waals surface area contributed by atoms with Crippen molar-refractivity contribution in [3.63, 3.8) is 0 Å². The maximum Gasteiger partial charge on any atom is 0.185 e. The Labute approximate surface area is 106 Å². The largest absolute Gasteiger partial charge is 0.486 e. The third-order valence-corrected chi connectivity index (χ3v) is 2.70. The van der Waals surface area contributed by atoms with Crippen LogP contribution in [0, 0.1) is 0 Å². The average Bonchev–Trinajstić information content (AvgIpc) is 2.84. The monoisotopic (exact) mass is 244 g/mol. The molecule has 1 heterocycles. The van der Waals surface area contributed by atoms with E-state index < -0.39 is 0 Å². The van der Waals surface area contributed by atoms with Crippen molar-refractivity contribution in [1.29, 1.82) is 0 Å². The Morgan fingerprint density at radius 3 is 2.78 bits per heavy atom. The van der Waals surface area contributed by atoms with Gasteiger partial charge in [0.25, 0.3) is 0 Å². The Bertz CT molecular complexity index is 526. The fourth-order valence-corrected chi connectivity index (χ4v) is 1.65. The summed E-state index contributed by atoms with van der Waals surface area (Å²) in [5.74, 6) is 2.25. The second-order valence-corrected chi connectivity index (χ2v) is 4.44. The minimum Gasteiger partial charge on any atom is -0.486 e. The van der Waals surface area contributed by atoms with Gasteiger partial charge < -0.3 is 9.15 Å². The number of carbonyl (C=O) groups is 1. The van der Waals surface area contributed by atoms with E-state index in [1.165, 1.54) is 5.56 Å². The molecule has 1 aromatic carbocycles. The van der Waals surface area contributed by atoms with Gasteiger partial charge in [0.15, 0.2) is 12.0 Å². The summed E-state index contributed by atoms with van der Waals surface area (Å²) in [6.07, 6.45) is 0.683. The smallest absolute Gasteiger partial charge is 0.185 e. The number of furan rings is 1. The molecule has 0 aliphatic heterocycles. The summed E-state index contributed by atoms with van der Waals surface area (Å²) < 4.78 is 10.9. The van der Waals surface area contributed by atoms with E-state index in [2.05, 4.69) is 19.9 Å². The molecule has 0 saturated heterocycles. The average molecular weight is 244 g/mol. The van der Waals surface area contributed by atoms with Gasteiger partial charge in [-0.2, -0.15) is 0 Å². The Morgan fingerprint density at radius 1 is 1.28 bits per heavy atom. The molecule has 0 saturated carbocycles. The predicted octanol–water partition coefficient (Wildman–Crippen LogP) is 3.79. The molecule has 0 unspecified atom stereocenters. The molecule has 0 atom stereocenters. The molecule has 0 bridgehead atoms. The number of ether oxygens (including phenoxy) is 1. The lowest BCUT2D eigenvalue weighted by Crippen LogP contribution is -1.95. The Balaban J connectivity index is 2.01. The van der Waals surface area contributed by atoms with Gasteiger partial charge in [-0.25, -0.2) is 0 Å². The lowest BCUT2D eigenvalue weighted by atomic mass is 10.0. The van der Waals surface area contributed by atoms with Gasteiger partial charge in [-0.3, -0.25) is 4.79 Å². The van der Waals surface area contributed by atoms with Crippen molar-refractivity contribution >= 4 is 6.29 Å². The van der Waals surface area contributed by atoms with Crippen LogP contribution >= 0.6 is 0 Å². The number of benzene rings is 1. The molecule has 1 aromatic heterocycles. The first kappa shape index (κ1) is 12.4. The van der Waals surface area contributed by atoms with Crippen LogP contribution in [0.5, 0.6) is 5.75 Å². The number of hydrogen-bond donors (Lipinski definition) is 0. The van der Waals surface area contributed by atoms with Crippen LogP contribution in [0.3, 0.4) is 0 Å². The minimum atomic E-state index is 0.324. The highest BCUT2D eigenvalue weighted by Gasteiger charge is 2.04. The molecule has 94 valence electrons. The van der Waals surface area contributed by atoms with E-state index in [-0.39, 0.29) is 0 Å². The van der Waals surface area contributed by atoms with Gasteiger partial charge >= 0.3 is 0 Å². The fraction of sp³-hybridized carbons (Fsp3) is 0.267. The molecular formula is C15H16O3. The highest BCUT2D eigenvalue weighted by molar-refractivity contribution is 5.70. The van der Waals surface area contributed by atoms with E-state index in [4.69, 9.17) is 9.15 Å². The van der Waals surface area contributed by atoms with E-state index in [1.807, 2.05) is 18.2 Å². The lowest BCUT2D eigenvalue weighted by molar-refractivity contribution is 0.109. The maximum absolute atomic E-state index is 10.5. The van der Waals surface area contributed by atoms with Crippen molar-refractivity contribution in [2.45, 2.75) is 26.4 Å². The van der Waals surface area contributed by atoms with Crippen molar-refractivity contribution in [3.8, 4) is 5.75 Å². The molecule has 3 nitrogen and oxygen atoms in total. The van der Waals surface area contributed by atoms with Crippen molar-refractivity contribution in [3.05, 3.63) is 53.5 Å². The van der Waals surface area contributed by atoms with Gasteiger partial charge in [-0.1, -0.05) is 26.0 Å². The van der Waals surface area contributed by atoms with E-state index in [0.717, 1.165) is 5.75 Å². The molecule has 0 spiro atoms. The molecule has 0 fully saturated rings. The zero-order valence-corrected chi connectivity index (χ0v) is 10.6. The SMILES string of the molecule is CC(C)c1cccc(OCc2ccc(C=O)o2)c1. The van der Waals surface area contributed by atoms with Crippen LogP contribution in [0.4, 0.5) is 0 Å². The normalized spacial score (nSPS) is 10.6. The standard InChI is InChI=1S/C15H16O3/c1-11(2)12-4-3-5-13(8-12)17-10-15-7-6-14(9-16)18-15/h3-9,11H,10H2,1-2H3. The molecule has 0 N–H and O–H groups in total. The molecule has 3 heteroatoms. The molecule has 18 heavy (non-hydrogen) atoms. The highest BCUT2D eigenvalue weighted by atomic mass is 16.5. The Hall–Kier alpha value is -2.03. The molecule has 0 radical (unpaired) electrons. The summed E-state index contributed by atoms with van der Waals surface area (Å²) in [7, 11) is 0. The third-order valence-electron chi connectivity index (χ3n) is 2.70. The minimum absolute atomic E-state index is 0.324. The number of carbonyl (C=O) groups excluding carboxylic acids is 1. The van der Waals surface area contributed by atoms with Crippen LogP contribution in [0.2, 0.25) is 0 Å². The molecule has 0 aliphatic rings. The molecule has 0 amide bonds. The maximum atomic E-state index is 10.5. The summed E-state index contributed by atoms with van der Waals surface area (Å²) in [4.78, 5) is 10.5. The first-order valence-electron chi connectivity index (χ1n) is 5.95. The summed E-state index contributed by atoms with van der Waals surface area (Å²) >= 11 is 0. The van der Waals surface area contributed by atoms with E-state index in [1.54, 1.807) is 12.1 Å². The lowest BCUT2D eigenvalue weighted by Gasteiger charge is -2.08. The van der Waals surface area contributed by atoms with Crippen LogP contribution in [0.15, 0.2) is 40.8 Å². The number of aldehydes is 1. The first-order chi connectivity index (χ1) is 8.69. The van der Waals surface area contributed by atoms with Gasteiger partial charge in [0, 0.05) is 0 Å². The molecule has 0 aliphatic carbocycles. The molecular weight excluding hydrogens is 228 g/mol. The Kier molecular flexibility index (Phi) is 3.82. The van der Waals surface area contributed by atoms with Gasteiger partial charge in [0.2, 0.25) is 0 Å². The van der Waals surface area contributed by atoms with Gasteiger partial charge in [-0.05, 0) is 35.7 Å². The van der Waals surface area contributed by atoms with Crippen LogP contribution < -0.4 is 4.74 Å². The van der Waals surface area contributed by atoms with E-state index in [0.29, 0.717) is 30.3 Å². The number of rotatable bonds is 5. The number of hydrogen-bond acceptors (Lipinski definition) is 3. The van der Waals surface area contributed by atoms with Crippen molar-refractivity contribution in [1.82, 2.24) is 0 Å². The highest BCUT2D eigenvalue weighted by Crippen LogP contribution is 2.21. The summed E-state index contributed by atoms with van der Waals surface area (Å²) in [6, 6.07) is 11.4. The quantitative estimate of drug-likeness (QED) is 0.751. The van der Waals surface area contributed by atoms with Gasteiger partial charge in [0.05, 0.1) is 0 Å². The van der Waals surface area contributed by atoms with Crippen molar-refractivity contribution in [2.24, 2.45) is 0 Å². The van der Waals surface area contributed by atoms with E-state index in [9.17, 15) is 4.79 Å². The Morgan fingerprint density at radius 2 is 2.11 bits per heavy atom. The van der Waals surface area contributed by atoms with Crippen LogP contribution in [-0.2, 0) is 6.61 Å². The van der Waals surface area contributed by atoms with Crippen molar-refractivity contribution in [2.75, 3.05) is 0 Å². The third kappa shape index (κ3) is 3.00. The molecule has 2 aromatic rings. The zero-order valence-electron chi connectivity index (χ0n) is 10.6. The molecule has 2 rings (SSSR count). The predicted molar refractivity (Wildman–Crippen MR) is 69.0 cm³/mol. The van der Waals surface area contributed by atoms with Gasteiger partial charge in [0.1, 0.15) is 18.1 Å². The second-order valence-electron chi connectivity index (χ2n) is 4.44. The first-order valence-corrected chi connectivity index (χ1v) is 5.95. The van der Waals surface area contributed by atoms with Gasteiger partial charge in [-0.15, -0.1) is 0 Å². The second kappa shape index (κ2) is 5.54. The van der Waals surface area contributed by atoms with E-state index >= 15 is 0 Å². The van der Waals surface area contributed by atoms with Crippen LogP contribution in [0.1, 0.15) is 41.6 Å². The summed E-state index contributed by atoms with van der Waals surface area (Å²) in [5, 5.41) is 0. The van der Waals surface area contributed by atoms with Crippen LogP contribution in [0.25, 0.3) is 0 Å². The van der Waals surface area contributed by atoms with Crippen LogP contribution in [-0.4, -0.2) is 6.29 Å². The zero-order chi connectivity index (χ0) is 13.0. The fourth-order valence-electron chi connectivity index (χ4n) is 1.65. The summed E-state index contributed by atoms with van der Waals surface area (Å²) in [6.45, 7) is 4.61. The summed E-state index contributed by atoms with van der Waals surface area (Å²) in [5.41, 5.74) is 1.24. The van der Waals surface area contributed by atoms with Crippen molar-refractivity contribution < 1.29 is 13.9 Å².